The van der Waals surface area contributed by atoms with Crippen LogP contribution in [0.1, 0.15) is 16.1 Å². The number of carbonyl (C=O) groups excluding carboxylic acids is 2. The van der Waals surface area contributed by atoms with Gasteiger partial charge in [0.25, 0.3) is 5.91 Å². The van der Waals surface area contributed by atoms with E-state index in [0.29, 0.717) is 16.3 Å². The van der Waals surface area contributed by atoms with E-state index >= 15 is 0 Å². The third-order valence-corrected chi connectivity index (χ3v) is 4.32. The largest absolute Gasteiger partial charge is 0.467 e. The second-order valence-electron chi connectivity index (χ2n) is 6.00. The molecule has 3 N–H and O–H groups in total. The monoisotopic (exact) mass is 399 g/mol. The normalized spacial score (nSPS) is 11.6. The fourth-order valence-corrected chi connectivity index (χ4v) is 2.74. The molecule has 1 atom stereocenters. The summed E-state index contributed by atoms with van der Waals surface area (Å²) in [5, 5.41) is 3.21. The number of amides is 1. The average molecular weight is 400 g/mol. The van der Waals surface area contributed by atoms with Crippen LogP contribution in [0.4, 0.5) is 5.69 Å². The number of rotatable bonds is 6. The Morgan fingerprint density at radius 1 is 1.21 bits per heavy atom. The summed E-state index contributed by atoms with van der Waals surface area (Å²) in [5.74, 6) is -0.913. The molecule has 0 bridgehead atoms. The summed E-state index contributed by atoms with van der Waals surface area (Å²) in [7, 11) is 1.26. The Hall–Kier alpha value is -3.32. The number of hydrogen-bond acceptors (Lipinski definition) is 6. The first-order valence-corrected chi connectivity index (χ1v) is 8.79. The molecule has 28 heavy (non-hydrogen) atoms. The van der Waals surface area contributed by atoms with Crippen molar-refractivity contribution in [3.05, 3.63) is 71.1 Å². The molecule has 0 fully saturated rings. The molecule has 2 aromatic carbocycles. The van der Waals surface area contributed by atoms with E-state index in [2.05, 4.69) is 10.3 Å². The first-order chi connectivity index (χ1) is 13.5. The molecule has 1 unspecified atom stereocenters. The molecule has 8 heteroatoms. The number of halogens is 1. The third-order valence-electron chi connectivity index (χ3n) is 4.07. The van der Waals surface area contributed by atoms with Crippen molar-refractivity contribution in [1.82, 2.24) is 10.3 Å². The minimum Gasteiger partial charge on any atom is -0.467 e. The molecular formula is C20H18ClN3O4. The highest BCUT2D eigenvalue weighted by Crippen LogP contribution is 2.24. The number of nitrogens with zero attached hydrogens (tertiary/aromatic N) is 1. The lowest BCUT2D eigenvalue weighted by Crippen LogP contribution is -2.43. The van der Waals surface area contributed by atoms with Crippen LogP contribution in [-0.4, -0.2) is 30.0 Å². The van der Waals surface area contributed by atoms with Crippen molar-refractivity contribution in [2.24, 2.45) is 0 Å². The second kappa shape index (κ2) is 8.58. The number of carbonyl (C=O) groups is 2. The van der Waals surface area contributed by atoms with E-state index in [0.717, 1.165) is 5.56 Å². The maximum absolute atomic E-state index is 12.6. The predicted octanol–water partition coefficient (Wildman–Crippen LogP) is 3.09. The van der Waals surface area contributed by atoms with Crippen molar-refractivity contribution in [3.63, 3.8) is 0 Å². The minimum absolute atomic E-state index is 0.0308. The van der Waals surface area contributed by atoms with Crippen LogP contribution in [0, 0.1) is 0 Å². The van der Waals surface area contributed by atoms with Crippen LogP contribution in [-0.2, 0) is 16.0 Å². The molecule has 144 valence electrons. The van der Waals surface area contributed by atoms with Gasteiger partial charge in [-0.05, 0) is 29.8 Å². The van der Waals surface area contributed by atoms with E-state index < -0.39 is 17.9 Å². The SMILES string of the molecule is COC(=O)C(Cc1ccc(Cl)cc1)NC(=O)c1coc(-c2ccccc2N)n1. The zero-order valence-corrected chi connectivity index (χ0v) is 15.8. The molecule has 0 saturated heterocycles. The van der Waals surface area contributed by atoms with Crippen LogP contribution in [0.5, 0.6) is 0 Å². The summed E-state index contributed by atoms with van der Waals surface area (Å²) in [4.78, 5) is 28.8. The van der Waals surface area contributed by atoms with Gasteiger partial charge in [-0.15, -0.1) is 0 Å². The quantitative estimate of drug-likeness (QED) is 0.487. The fourth-order valence-electron chi connectivity index (χ4n) is 2.62. The standard InChI is InChI=1S/C20H18ClN3O4/c1-27-20(26)16(10-12-6-8-13(21)9-7-12)23-18(25)17-11-28-19(24-17)14-4-2-3-5-15(14)22/h2-9,11,16H,10,22H2,1H3,(H,23,25). The van der Waals surface area contributed by atoms with Gasteiger partial charge in [0, 0.05) is 17.1 Å². The molecule has 0 aliphatic heterocycles. The van der Waals surface area contributed by atoms with Crippen LogP contribution >= 0.6 is 11.6 Å². The molecule has 3 rings (SSSR count). The Morgan fingerprint density at radius 3 is 2.61 bits per heavy atom. The number of methoxy groups -OCH3 is 1. The maximum Gasteiger partial charge on any atom is 0.328 e. The highest BCUT2D eigenvalue weighted by Gasteiger charge is 2.24. The number of hydrogen-bond donors (Lipinski definition) is 2. The van der Waals surface area contributed by atoms with Crippen LogP contribution in [0.25, 0.3) is 11.5 Å². The van der Waals surface area contributed by atoms with Crippen molar-refractivity contribution >= 4 is 29.2 Å². The lowest BCUT2D eigenvalue weighted by Gasteiger charge is -2.16. The molecule has 1 heterocycles. The number of aromatic nitrogens is 1. The van der Waals surface area contributed by atoms with Gasteiger partial charge < -0.3 is 20.2 Å². The van der Waals surface area contributed by atoms with E-state index in [-0.39, 0.29) is 18.0 Å². The van der Waals surface area contributed by atoms with E-state index in [1.165, 1.54) is 13.4 Å². The number of nitrogen functional groups attached to an aromatic ring is 1. The first-order valence-electron chi connectivity index (χ1n) is 8.41. The smallest absolute Gasteiger partial charge is 0.328 e. The Labute approximate surface area is 166 Å². The van der Waals surface area contributed by atoms with Crippen molar-refractivity contribution < 1.29 is 18.7 Å². The number of para-hydroxylation sites is 1. The van der Waals surface area contributed by atoms with Crippen LogP contribution in [0.15, 0.2) is 59.2 Å². The molecule has 0 saturated carbocycles. The van der Waals surface area contributed by atoms with Crippen molar-refractivity contribution in [1.29, 1.82) is 0 Å². The first kappa shape index (κ1) is 19.4. The number of ether oxygens (including phenoxy) is 1. The van der Waals surface area contributed by atoms with E-state index in [1.54, 1.807) is 48.5 Å². The summed E-state index contributed by atoms with van der Waals surface area (Å²) in [5.41, 5.74) is 7.80. The summed E-state index contributed by atoms with van der Waals surface area (Å²) in [6.07, 6.45) is 1.46. The van der Waals surface area contributed by atoms with Gasteiger partial charge in [0.1, 0.15) is 12.3 Å². The molecule has 7 nitrogen and oxygen atoms in total. The summed E-state index contributed by atoms with van der Waals surface area (Å²) >= 11 is 5.88. The minimum atomic E-state index is -0.888. The highest BCUT2D eigenvalue weighted by molar-refractivity contribution is 6.30. The van der Waals surface area contributed by atoms with Crippen molar-refractivity contribution in [3.8, 4) is 11.5 Å². The number of esters is 1. The lowest BCUT2D eigenvalue weighted by atomic mass is 10.1. The summed E-state index contributed by atoms with van der Waals surface area (Å²) in [6.45, 7) is 0. The van der Waals surface area contributed by atoms with Gasteiger partial charge in [0.05, 0.1) is 12.7 Å². The highest BCUT2D eigenvalue weighted by atomic mass is 35.5. The topological polar surface area (TPSA) is 107 Å². The van der Waals surface area contributed by atoms with Gasteiger partial charge in [-0.2, -0.15) is 0 Å². The summed E-state index contributed by atoms with van der Waals surface area (Å²) < 4.78 is 10.2. The predicted molar refractivity (Wildman–Crippen MR) is 105 cm³/mol. The van der Waals surface area contributed by atoms with Crippen LogP contribution < -0.4 is 11.1 Å². The molecule has 0 spiro atoms. The van der Waals surface area contributed by atoms with Crippen LogP contribution in [0.3, 0.4) is 0 Å². The van der Waals surface area contributed by atoms with Gasteiger partial charge in [0.2, 0.25) is 5.89 Å². The number of anilines is 1. The average Bonchev–Trinajstić information content (AvgIpc) is 3.19. The van der Waals surface area contributed by atoms with Gasteiger partial charge >= 0.3 is 5.97 Å². The molecule has 0 radical (unpaired) electrons. The number of nitrogens with one attached hydrogen (secondary N) is 1. The van der Waals surface area contributed by atoms with E-state index in [9.17, 15) is 9.59 Å². The number of benzene rings is 2. The molecular weight excluding hydrogens is 382 g/mol. The Kier molecular flexibility index (Phi) is 5.96. The van der Waals surface area contributed by atoms with Gasteiger partial charge in [-0.3, -0.25) is 4.79 Å². The van der Waals surface area contributed by atoms with Gasteiger partial charge in [-0.25, -0.2) is 9.78 Å². The van der Waals surface area contributed by atoms with Crippen molar-refractivity contribution in [2.45, 2.75) is 12.5 Å². The fraction of sp³-hybridized carbons (Fsp3) is 0.150. The number of nitrogens with two attached hydrogens (primary N) is 1. The Morgan fingerprint density at radius 2 is 1.93 bits per heavy atom. The Balaban J connectivity index is 1.76. The second-order valence-corrected chi connectivity index (χ2v) is 6.44. The van der Waals surface area contributed by atoms with Gasteiger partial charge in [-0.1, -0.05) is 35.9 Å². The molecule has 1 aromatic heterocycles. The number of oxazole rings is 1. The lowest BCUT2D eigenvalue weighted by molar-refractivity contribution is -0.142. The molecule has 0 aliphatic rings. The Bertz CT molecular complexity index is 985. The summed E-state index contributed by atoms with van der Waals surface area (Å²) in [6, 6.07) is 13.1. The maximum atomic E-state index is 12.6. The van der Waals surface area contributed by atoms with Crippen LogP contribution in [0.2, 0.25) is 5.02 Å². The van der Waals surface area contributed by atoms with Crippen molar-refractivity contribution in [2.75, 3.05) is 12.8 Å². The third kappa shape index (κ3) is 4.50. The molecule has 3 aromatic rings. The van der Waals surface area contributed by atoms with Gasteiger partial charge in [0.15, 0.2) is 5.69 Å². The molecule has 1 amide bonds. The van der Waals surface area contributed by atoms with E-state index in [4.69, 9.17) is 26.5 Å². The zero-order chi connectivity index (χ0) is 20.1. The zero-order valence-electron chi connectivity index (χ0n) is 15.0. The molecule has 0 aliphatic carbocycles. The van der Waals surface area contributed by atoms with E-state index in [1.807, 2.05) is 0 Å².